The minimum atomic E-state index is 0.358. The van der Waals surface area contributed by atoms with Crippen LogP contribution in [0.5, 0.6) is 11.5 Å². The van der Waals surface area contributed by atoms with Crippen molar-refractivity contribution in [1.82, 2.24) is 15.2 Å². The van der Waals surface area contributed by atoms with E-state index in [1.54, 1.807) is 32.5 Å². The van der Waals surface area contributed by atoms with Crippen molar-refractivity contribution in [3.63, 3.8) is 0 Å². The van der Waals surface area contributed by atoms with E-state index in [4.69, 9.17) is 16.0 Å². The Bertz CT molecular complexity index is 1190. The quantitative estimate of drug-likeness (QED) is 0.423. The first-order valence-corrected chi connectivity index (χ1v) is 9.19. The Morgan fingerprint density at radius 1 is 0.933 bits per heavy atom. The fourth-order valence-corrected chi connectivity index (χ4v) is 3.07. The zero-order chi connectivity index (χ0) is 20.9. The van der Waals surface area contributed by atoms with Gasteiger partial charge in [-0.2, -0.15) is 5.10 Å². The van der Waals surface area contributed by atoms with Crippen LogP contribution in [0.1, 0.15) is 0 Å². The van der Waals surface area contributed by atoms with Gasteiger partial charge in [0, 0.05) is 17.7 Å². The summed E-state index contributed by atoms with van der Waals surface area (Å²) in [6.07, 6.45) is 1.61. The molecule has 4 rings (SSSR count). The summed E-state index contributed by atoms with van der Waals surface area (Å²) >= 11 is 0. The molecular weight excluding hydrogens is 378 g/mol. The van der Waals surface area contributed by atoms with Crippen LogP contribution in [0.3, 0.4) is 0 Å². The number of benzene rings is 2. The highest BCUT2D eigenvalue weighted by atomic mass is 16.5. The maximum atomic E-state index is 6.96. The molecule has 2 N–H and O–H groups in total. The second-order valence-electron chi connectivity index (χ2n) is 6.45. The van der Waals surface area contributed by atoms with E-state index >= 15 is 0 Å². The van der Waals surface area contributed by atoms with Gasteiger partial charge in [-0.05, 0) is 35.4 Å². The van der Waals surface area contributed by atoms with Crippen LogP contribution in [0.4, 0.5) is 17.3 Å². The van der Waals surface area contributed by atoms with Crippen molar-refractivity contribution < 1.29 is 9.47 Å². The molecule has 4 aromatic rings. The van der Waals surface area contributed by atoms with Crippen LogP contribution in [-0.2, 0) is 0 Å². The second kappa shape index (κ2) is 8.37. The third-order valence-electron chi connectivity index (χ3n) is 4.63. The molecule has 0 fully saturated rings. The molecule has 0 aliphatic carbocycles. The monoisotopic (exact) mass is 397 g/mol. The number of aromatic nitrogens is 3. The normalized spacial score (nSPS) is 10.3. The largest absolute Gasteiger partial charge is 0.497 e. The van der Waals surface area contributed by atoms with Gasteiger partial charge in [-0.1, -0.05) is 30.8 Å². The van der Waals surface area contributed by atoms with Crippen molar-refractivity contribution in [2.45, 2.75) is 0 Å². The van der Waals surface area contributed by atoms with Gasteiger partial charge in [0.15, 0.2) is 5.82 Å². The molecule has 7 heteroatoms. The number of hydrogen-bond acceptors (Lipinski definition) is 5. The Morgan fingerprint density at radius 3 is 2.40 bits per heavy atom. The number of nitrogens with one attached hydrogen (secondary N) is 2. The van der Waals surface area contributed by atoms with Gasteiger partial charge in [0.25, 0.3) is 5.82 Å². The number of rotatable bonds is 6. The van der Waals surface area contributed by atoms with Crippen LogP contribution in [0.2, 0.25) is 0 Å². The highest BCUT2D eigenvalue weighted by Crippen LogP contribution is 2.34. The number of methoxy groups -OCH3 is 2. The number of hydrogen-bond donors (Lipinski definition) is 2. The van der Waals surface area contributed by atoms with E-state index in [1.807, 2.05) is 48.5 Å². The fourth-order valence-electron chi connectivity index (χ4n) is 3.07. The lowest BCUT2D eigenvalue weighted by Crippen LogP contribution is -1.90. The second-order valence-corrected chi connectivity index (χ2v) is 6.45. The standard InChI is InChI=1S/C23H19N5O2/c1-24-22-11-8-17(14-25-22)26-23-13-20(27-28-23)16-6-4-15(5-7-16)19-10-9-18(29-2)12-21(19)30-3/h4-14H,2-3H3,(H2,26,27,28). The third-order valence-corrected chi connectivity index (χ3v) is 4.63. The van der Waals surface area contributed by atoms with E-state index in [9.17, 15) is 0 Å². The first-order chi connectivity index (χ1) is 14.7. The van der Waals surface area contributed by atoms with Crippen molar-refractivity contribution in [3.05, 3.63) is 78.3 Å². The highest BCUT2D eigenvalue weighted by molar-refractivity contribution is 5.75. The van der Waals surface area contributed by atoms with E-state index < -0.39 is 0 Å². The molecule has 7 nitrogen and oxygen atoms in total. The van der Waals surface area contributed by atoms with Crippen LogP contribution in [0.25, 0.3) is 27.2 Å². The lowest BCUT2D eigenvalue weighted by molar-refractivity contribution is 0.395. The summed E-state index contributed by atoms with van der Waals surface area (Å²) in [6.45, 7) is 6.96. The Kier molecular flexibility index (Phi) is 5.31. The summed E-state index contributed by atoms with van der Waals surface area (Å²) in [4.78, 5) is 7.34. The van der Waals surface area contributed by atoms with Gasteiger partial charge in [0.05, 0.1) is 25.6 Å². The molecule has 2 heterocycles. The summed E-state index contributed by atoms with van der Waals surface area (Å²) in [6, 6.07) is 19.3. The number of anilines is 2. The highest BCUT2D eigenvalue weighted by Gasteiger charge is 2.09. The summed E-state index contributed by atoms with van der Waals surface area (Å²) in [7, 11) is 3.28. The SMILES string of the molecule is [C-]#[N+]c1ccc(Nc2cc(-c3ccc(-c4ccc(OC)cc4OC)cc3)[nH]n2)cn1. The van der Waals surface area contributed by atoms with Gasteiger partial charge in [0.2, 0.25) is 0 Å². The van der Waals surface area contributed by atoms with Gasteiger partial charge in [0.1, 0.15) is 17.7 Å². The minimum absolute atomic E-state index is 0.358. The molecular formula is C23H19N5O2. The van der Waals surface area contributed by atoms with Crippen molar-refractivity contribution in [2.24, 2.45) is 0 Å². The van der Waals surface area contributed by atoms with Crippen molar-refractivity contribution in [1.29, 1.82) is 0 Å². The average Bonchev–Trinajstić information content (AvgIpc) is 3.27. The maximum Gasteiger partial charge on any atom is 0.269 e. The number of nitrogens with zero attached hydrogens (tertiary/aromatic N) is 3. The van der Waals surface area contributed by atoms with Crippen molar-refractivity contribution in [3.8, 4) is 33.9 Å². The summed E-state index contributed by atoms with van der Waals surface area (Å²) in [5, 5.41) is 10.5. The third kappa shape index (κ3) is 3.93. The Balaban J connectivity index is 1.53. The van der Waals surface area contributed by atoms with Gasteiger partial charge in [-0.25, -0.2) is 0 Å². The van der Waals surface area contributed by atoms with Crippen molar-refractivity contribution >= 4 is 17.3 Å². The van der Waals surface area contributed by atoms with Crippen LogP contribution < -0.4 is 14.8 Å². The maximum absolute atomic E-state index is 6.96. The number of aromatic amines is 1. The molecule has 2 aromatic carbocycles. The molecule has 0 aliphatic heterocycles. The fraction of sp³-hybridized carbons (Fsp3) is 0.0870. The zero-order valence-electron chi connectivity index (χ0n) is 16.5. The summed E-state index contributed by atoms with van der Waals surface area (Å²) in [5.74, 6) is 2.54. The molecule has 2 aromatic heterocycles. The predicted molar refractivity (Wildman–Crippen MR) is 116 cm³/mol. The van der Waals surface area contributed by atoms with E-state index in [-0.39, 0.29) is 0 Å². The van der Waals surface area contributed by atoms with E-state index in [2.05, 4.69) is 25.3 Å². The van der Waals surface area contributed by atoms with Crippen LogP contribution in [0.15, 0.2) is 66.9 Å². The first kappa shape index (κ1) is 19.0. The summed E-state index contributed by atoms with van der Waals surface area (Å²) < 4.78 is 10.8. The molecule has 0 aliphatic rings. The number of ether oxygens (including phenoxy) is 2. The summed E-state index contributed by atoms with van der Waals surface area (Å²) in [5.41, 5.74) is 4.70. The van der Waals surface area contributed by atoms with Crippen molar-refractivity contribution in [2.75, 3.05) is 19.5 Å². The topological polar surface area (TPSA) is 76.4 Å². The molecule has 0 radical (unpaired) electrons. The molecule has 0 atom stereocenters. The lowest BCUT2D eigenvalue weighted by atomic mass is 10.0. The Hall–Kier alpha value is -4.31. The first-order valence-electron chi connectivity index (χ1n) is 9.19. The Labute approximate surface area is 174 Å². The molecule has 0 spiro atoms. The molecule has 30 heavy (non-hydrogen) atoms. The van der Waals surface area contributed by atoms with Crippen LogP contribution in [-0.4, -0.2) is 29.4 Å². The van der Waals surface area contributed by atoms with Crippen LogP contribution >= 0.6 is 0 Å². The molecule has 0 amide bonds. The number of H-pyrrole nitrogens is 1. The van der Waals surface area contributed by atoms with E-state index in [1.165, 1.54) is 0 Å². The lowest BCUT2D eigenvalue weighted by Gasteiger charge is -2.11. The molecule has 0 unspecified atom stereocenters. The van der Waals surface area contributed by atoms with Gasteiger partial charge >= 0.3 is 0 Å². The average molecular weight is 397 g/mol. The molecule has 148 valence electrons. The molecule has 0 saturated heterocycles. The van der Waals surface area contributed by atoms with Gasteiger partial charge in [-0.15, -0.1) is 4.98 Å². The predicted octanol–water partition coefficient (Wildman–Crippen LogP) is 5.45. The molecule has 0 bridgehead atoms. The Morgan fingerprint density at radius 2 is 1.73 bits per heavy atom. The van der Waals surface area contributed by atoms with E-state index in [0.717, 1.165) is 39.6 Å². The smallest absolute Gasteiger partial charge is 0.269 e. The zero-order valence-corrected chi connectivity index (χ0v) is 16.5. The van der Waals surface area contributed by atoms with Crippen LogP contribution in [0, 0.1) is 6.57 Å². The van der Waals surface area contributed by atoms with Gasteiger partial charge in [-0.3, -0.25) is 5.10 Å². The van der Waals surface area contributed by atoms with Gasteiger partial charge < -0.3 is 19.6 Å². The van der Waals surface area contributed by atoms with E-state index in [0.29, 0.717) is 11.6 Å². The minimum Gasteiger partial charge on any atom is -0.497 e. The molecule has 0 saturated carbocycles. The number of pyridine rings is 1.